The molecule has 146 valence electrons. The molecule has 3 aliphatic heterocycles. The van der Waals surface area contributed by atoms with Gasteiger partial charge in [0.05, 0.1) is 6.54 Å². The summed E-state index contributed by atoms with van der Waals surface area (Å²) in [5.41, 5.74) is 2.20. The second kappa shape index (κ2) is 6.82. The molecule has 1 atom stereocenters. The topological polar surface area (TPSA) is 44.9 Å². The quantitative estimate of drug-likeness (QED) is 0.812. The number of β-amino-alcohol motifs (C(OH)–C–C–N with tert-alkyl or cyclic N) is 1. The van der Waals surface area contributed by atoms with Gasteiger partial charge >= 0.3 is 0 Å². The number of ether oxygens (including phenoxy) is 2. The van der Waals surface area contributed by atoms with E-state index in [9.17, 15) is 5.11 Å². The lowest BCUT2D eigenvalue weighted by Gasteiger charge is -2.26. The van der Waals surface area contributed by atoms with Gasteiger partial charge in [-0.1, -0.05) is 18.2 Å². The maximum Gasteiger partial charge on any atom is 0.271 e. The molecule has 0 aliphatic carbocycles. The molecule has 1 N–H and O–H groups in total. The first-order valence-corrected chi connectivity index (χ1v) is 10.3. The minimum atomic E-state index is -1.07. The molecule has 5 nitrogen and oxygen atoms in total. The van der Waals surface area contributed by atoms with E-state index in [-0.39, 0.29) is 0 Å². The molecule has 0 saturated heterocycles. The zero-order chi connectivity index (χ0) is 19.1. The van der Waals surface area contributed by atoms with E-state index in [0.717, 1.165) is 42.9 Å². The molecule has 0 fully saturated rings. The highest BCUT2D eigenvalue weighted by Crippen LogP contribution is 2.40. The zero-order valence-electron chi connectivity index (χ0n) is 16.4. The molecular weight excluding hydrogens is 352 g/mol. The minimum absolute atomic E-state index is 0.521. The van der Waals surface area contributed by atoms with Gasteiger partial charge in [0.1, 0.15) is 18.9 Å². The largest absolute Gasteiger partial charge is 0.486 e. The monoisotopic (exact) mass is 379 g/mol. The number of rotatable bonds is 2. The highest BCUT2D eigenvalue weighted by Gasteiger charge is 2.52. The van der Waals surface area contributed by atoms with Crippen molar-refractivity contribution < 1.29 is 19.2 Å². The van der Waals surface area contributed by atoms with Crippen molar-refractivity contribution in [1.82, 2.24) is 0 Å². The first kappa shape index (κ1) is 17.6. The summed E-state index contributed by atoms with van der Waals surface area (Å²) in [6, 6.07) is 14.3. The van der Waals surface area contributed by atoms with Gasteiger partial charge in [-0.3, -0.25) is 0 Å². The molecule has 5 rings (SSSR count). The van der Waals surface area contributed by atoms with Crippen LogP contribution >= 0.6 is 0 Å². The van der Waals surface area contributed by atoms with Crippen molar-refractivity contribution in [2.24, 2.45) is 0 Å². The van der Waals surface area contributed by atoms with E-state index in [2.05, 4.69) is 40.7 Å². The Balaban J connectivity index is 1.61. The molecule has 0 bridgehead atoms. The van der Waals surface area contributed by atoms with Gasteiger partial charge in [0.15, 0.2) is 18.0 Å². The van der Waals surface area contributed by atoms with Gasteiger partial charge < -0.3 is 14.6 Å². The van der Waals surface area contributed by atoms with Crippen LogP contribution in [0.25, 0.3) is 0 Å². The fourth-order valence-corrected chi connectivity index (χ4v) is 4.70. The van der Waals surface area contributed by atoms with Gasteiger partial charge in [-0.05, 0) is 56.0 Å². The van der Waals surface area contributed by atoms with Crippen LogP contribution in [0.15, 0.2) is 42.5 Å². The van der Waals surface area contributed by atoms with E-state index in [1.165, 1.54) is 23.5 Å². The third kappa shape index (κ3) is 2.76. The third-order valence-electron chi connectivity index (χ3n) is 6.14. The summed E-state index contributed by atoms with van der Waals surface area (Å²) in [4.78, 5) is 2.32. The Kier molecular flexibility index (Phi) is 4.27. The molecule has 0 aromatic heterocycles. The van der Waals surface area contributed by atoms with Crippen LogP contribution in [0.4, 0.5) is 5.69 Å². The van der Waals surface area contributed by atoms with Crippen LogP contribution in [0.3, 0.4) is 0 Å². The maximum atomic E-state index is 12.0. The van der Waals surface area contributed by atoms with Gasteiger partial charge in [-0.25, -0.2) is 9.48 Å². The fraction of sp³-hybridized carbons (Fsp3) is 0.435. The Morgan fingerprint density at radius 2 is 1.82 bits per heavy atom. The van der Waals surface area contributed by atoms with E-state index < -0.39 is 5.72 Å². The molecule has 3 heterocycles. The second-order valence-corrected chi connectivity index (χ2v) is 7.93. The van der Waals surface area contributed by atoms with Gasteiger partial charge in [0, 0.05) is 12.0 Å². The van der Waals surface area contributed by atoms with Crippen molar-refractivity contribution in [1.29, 1.82) is 0 Å². The van der Waals surface area contributed by atoms with Crippen LogP contribution in [-0.2, 0) is 5.72 Å². The Morgan fingerprint density at radius 3 is 2.68 bits per heavy atom. The van der Waals surface area contributed by atoms with Gasteiger partial charge in [0.2, 0.25) is 0 Å². The van der Waals surface area contributed by atoms with Crippen LogP contribution in [0.5, 0.6) is 11.5 Å². The van der Waals surface area contributed by atoms with Gasteiger partial charge in [-0.15, -0.1) is 0 Å². The van der Waals surface area contributed by atoms with E-state index >= 15 is 0 Å². The first-order valence-electron chi connectivity index (χ1n) is 10.3. The van der Waals surface area contributed by atoms with Crippen molar-refractivity contribution in [2.75, 3.05) is 31.2 Å². The lowest BCUT2D eigenvalue weighted by Crippen LogP contribution is -2.41. The number of hydrogen-bond donors (Lipinski definition) is 1. The molecule has 28 heavy (non-hydrogen) atoms. The van der Waals surface area contributed by atoms with E-state index in [1.54, 1.807) is 0 Å². The number of amidine groups is 1. The zero-order valence-corrected chi connectivity index (χ0v) is 16.4. The summed E-state index contributed by atoms with van der Waals surface area (Å²) in [5, 5.41) is 12.0. The van der Waals surface area contributed by atoms with Gasteiger partial charge in [0.25, 0.3) is 11.6 Å². The van der Waals surface area contributed by atoms with Crippen LogP contribution in [0.2, 0.25) is 0 Å². The Hall–Kier alpha value is -2.53. The predicted molar refractivity (Wildman–Crippen MR) is 108 cm³/mol. The van der Waals surface area contributed by atoms with Crippen molar-refractivity contribution in [3.8, 4) is 11.5 Å². The van der Waals surface area contributed by atoms with E-state index in [4.69, 9.17) is 9.47 Å². The number of aliphatic hydroxyl groups is 1. The van der Waals surface area contributed by atoms with Gasteiger partial charge in [-0.2, -0.15) is 0 Å². The molecule has 0 unspecified atom stereocenters. The minimum Gasteiger partial charge on any atom is -0.486 e. The number of anilines is 1. The molecule has 0 saturated carbocycles. The summed E-state index contributed by atoms with van der Waals surface area (Å²) in [6.07, 6.45) is 4.43. The van der Waals surface area contributed by atoms with Crippen molar-refractivity contribution in [3.05, 3.63) is 53.6 Å². The molecular formula is C23H27N2O3+. The number of para-hydroxylation sites is 1. The van der Waals surface area contributed by atoms with Crippen molar-refractivity contribution >= 4 is 11.5 Å². The number of fused-ring (bicyclic) bond motifs is 1. The maximum absolute atomic E-state index is 12.0. The lowest BCUT2D eigenvalue weighted by molar-refractivity contribution is -0.658. The normalized spacial score (nSPS) is 24.1. The highest BCUT2D eigenvalue weighted by atomic mass is 16.6. The average molecular weight is 379 g/mol. The average Bonchev–Trinajstić information content (AvgIpc) is 2.88. The van der Waals surface area contributed by atoms with Crippen molar-refractivity contribution in [3.63, 3.8) is 0 Å². The summed E-state index contributed by atoms with van der Waals surface area (Å²) in [7, 11) is 0. The summed E-state index contributed by atoms with van der Waals surface area (Å²) >= 11 is 0. The lowest BCUT2D eigenvalue weighted by atomic mass is 10.0. The highest BCUT2D eigenvalue weighted by molar-refractivity contribution is 5.96. The molecule has 2 aromatic rings. The Bertz CT molecular complexity index is 939. The molecule has 3 aliphatic rings. The van der Waals surface area contributed by atoms with Crippen LogP contribution in [0, 0.1) is 6.92 Å². The fourth-order valence-electron chi connectivity index (χ4n) is 4.70. The summed E-state index contributed by atoms with van der Waals surface area (Å²) in [6.45, 7) is 4.64. The van der Waals surface area contributed by atoms with Crippen LogP contribution in [0.1, 0.15) is 36.8 Å². The van der Waals surface area contributed by atoms with Crippen LogP contribution in [-0.4, -0.2) is 41.8 Å². The van der Waals surface area contributed by atoms with Crippen molar-refractivity contribution in [2.45, 2.75) is 38.3 Å². The first-order chi connectivity index (χ1) is 13.7. The molecule has 0 spiro atoms. The molecule has 2 aromatic carbocycles. The summed E-state index contributed by atoms with van der Waals surface area (Å²) < 4.78 is 13.7. The molecule has 0 radical (unpaired) electrons. The number of benzene rings is 2. The Labute approximate surface area is 165 Å². The van der Waals surface area contributed by atoms with E-state index in [0.29, 0.717) is 19.8 Å². The van der Waals surface area contributed by atoms with E-state index in [1.807, 2.05) is 18.2 Å². The number of hydrogen-bond acceptors (Lipinski definition) is 4. The second-order valence-electron chi connectivity index (χ2n) is 7.93. The third-order valence-corrected chi connectivity index (χ3v) is 6.14. The molecule has 5 heteroatoms. The van der Waals surface area contributed by atoms with Crippen LogP contribution < -0.4 is 14.4 Å². The standard InChI is InChI=1S/C23H27N2O3/c1-17-7-4-5-8-19(17)24-16-23(26,25-12-6-2-3-9-22(24)25)18-10-11-20-21(15-18)28-14-13-27-20/h4-5,7-8,10-11,15,26H,2-3,6,9,12-14,16H2,1H3/q+1/t23-/m0/s1. The number of aryl methyl sites for hydroxylation is 1. The smallest absolute Gasteiger partial charge is 0.271 e. The SMILES string of the molecule is Cc1ccccc1N1C[C@](O)(c2ccc3c(c2)OCCO3)[N+]2=C1CCCCC2. The predicted octanol–water partition coefficient (Wildman–Crippen LogP) is 3.42. The number of nitrogens with zero attached hydrogens (tertiary/aromatic N) is 2. The summed E-state index contributed by atoms with van der Waals surface area (Å²) in [5.74, 6) is 2.71. The molecule has 0 amide bonds. The Morgan fingerprint density at radius 1 is 1.00 bits per heavy atom.